The van der Waals surface area contributed by atoms with E-state index in [9.17, 15) is 9.59 Å². The van der Waals surface area contributed by atoms with E-state index >= 15 is 0 Å². The topological polar surface area (TPSA) is 69.6 Å². The Morgan fingerprint density at radius 2 is 2.44 bits per heavy atom. The first-order chi connectivity index (χ1) is 7.59. The number of nitrogens with zero attached hydrogens (tertiary/aromatic N) is 1. The van der Waals surface area contributed by atoms with Crippen molar-refractivity contribution in [2.45, 2.75) is 18.9 Å². The van der Waals surface area contributed by atoms with Crippen molar-refractivity contribution in [1.29, 1.82) is 0 Å². The number of thiophene rings is 1. The van der Waals surface area contributed by atoms with Gasteiger partial charge in [-0.05, 0) is 23.4 Å². The van der Waals surface area contributed by atoms with Gasteiger partial charge in [0.1, 0.15) is 0 Å². The number of nitrogens with one attached hydrogen (secondary N) is 1. The molecule has 0 aliphatic heterocycles. The maximum atomic E-state index is 11.5. The number of carbonyl (C=O) groups excluding carboxylic acids is 2. The highest BCUT2D eigenvalue weighted by Gasteiger charge is 2.28. The van der Waals surface area contributed by atoms with Crippen LogP contribution in [0.4, 0.5) is 4.79 Å². The van der Waals surface area contributed by atoms with Crippen LogP contribution in [0.25, 0.3) is 0 Å². The highest BCUT2D eigenvalue weighted by molar-refractivity contribution is 7.12. The fraction of sp³-hybridized carbons (Fsp3) is 0.400. The molecule has 2 N–H and O–H groups in total. The Morgan fingerprint density at radius 3 is 3.12 bits per heavy atom. The van der Waals surface area contributed by atoms with Crippen LogP contribution in [0.3, 0.4) is 0 Å². The number of hydrogen-bond acceptors (Lipinski definition) is 4. The van der Waals surface area contributed by atoms with Gasteiger partial charge in [0, 0.05) is 13.5 Å². The first-order valence-corrected chi connectivity index (χ1v) is 5.81. The minimum absolute atomic E-state index is 0.132. The predicted octanol–water partition coefficient (Wildman–Crippen LogP) is 1.80. The number of carbonyl (C=O) groups is 2. The summed E-state index contributed by atoms with van der Waals surface area (Å²) in [5, 5.41) is 14.0. The van der Waals surface area contributed by atoms with Gasteiger partial charge in [-0.25, -0.2) is 9.86 Å². The third-order valence-electron chi connectivity index (χ3n) is 2.58. The molecule has 0 aromatic carbocycles. The molecule has 0 saturated carbocycles. The van der Waals surface area contributed by atoms with E-state index in [0.717, 1.165) is 10.4 Å². The maximum Gasteiger partial charge on any atom is 0.341 e. The molecule has 0 radical (unpaired) electrons. The van der Waals surface area contributed by atoms with Crippen molar-refractivity contribution in [2.75, 3.05) is 7.05 Å². The fourth-order valence-corrected chi connectivity index (χ4v) is 2.69. The van der Waals surface area contributed by atoms with E-state index in [1.165, 1.54) is 18.4 Å². The molecule has 0 spiro atoms. The third-order valence-corrected chi connectivity index (χ3v) is 3.55. The van der Waals surface area contributed by atoms with E-state index in [1.807, 2.05) is 11.4 Å². The highest BCUT2D eigenvalue weighted by atomic mass is 32.1. The van der Waals surface area contributed by atoms with Crippen molar-refractivity contribution < 1.29 is 14.8 Å². The summed E-state index contributed by atoms with van der Waals surface area (Å²) < 4.78 is 0. The number of Topliss-reactive ketones (excluding diaryl/α,β-unsaturated/α-hetero) is 1. The third kappa shape index (κ3) is 1.94. The van der Waals surface area contributed by atoms with Crippen molar-refractivity contribution in [3.8, 4) is 0 Å². The van der Waals surface area contributed by atoms with E-state index in [1.54, 1.807) is 0 Å². The second-order valence-corrected chi connectivity index (χ2v) is 4.61. The maximum absolute atomic E-state index is 11.5. The van der Waals surface area contributed by atoms with E-state index < -0.39 is 6.03 Å². The fourth-order valence-electron chi connectivity index (χ4n) is 1.76. The number of ketones is 1. The average molecular weight is 240 g/mol. The second kappa shape index (κ2) is 4.23. The normalized spacial score (nSPS) is 19.1. The van der Waals surface area contributed by atoms with E-state index in [4.69, 9.17) is 5.21 Å². The van der Waals surface area contributed by atoms with Crippen LogP contribution in [-0.2, 0) is 0 Å². The molecule has 0 saturated heterocycles. The molecule has 5 nitrogen and oxygen atoms in total. The Kier molecular flexibility index (Phi) is 2.93. The molecule has 2 amide bonds. The zero-order valence-electron chi connectivity index (χ0n) is 8.77. The summed E-state index contributed by atoms with van der Waals surface area (Å²) in [5.41, 5.74) is 0.858. The largest absolute Gasteiger partial charge is 0.341 e. The SMILES string of the molecule is CN(O)C(=O)NC1CCC(=O)c2sccc21. The molecule has 1 aliphatic rings. The molecular weight excluding hydrogens is 228 g/mol. The van der Waals surface area contributed by atoms with Gasteiger partial charge >= 0.3 is 6.03 Å². The van der Waals surface area contributed by atoms with Crippen LogP contribution < -0.4 is 5.32 Å². The number of rotatable bonds is 1. The lowest BCUT2D eigenvalue weighted by Crippen LogP contribution is -2.38. The molecule has 1 heterocycles. The zero-order valence-corrected chi connectivity index (χ0v) is 9.58. The van der Waals surface area contributed by atoms with Crippen LogP contribution >= 0.6 is 11.3 Å². The number of amides is 2. The smallest absolute Gasteiger partial charge is 0.329 e. The van der Waals surface area contributed by atoms with Gasteiger partial charge in [-0.15, -0.1) is 11.3 Å². The van der Waals surface area contributed by atoms with Crippen LogP contribution in [0.2, 0.25) is 0 Å². The van der Waals surface area contributed by atoms with E-state index in [0.29, 0.717) is 17.9 Å². The molecule has 0 fully saturated rings. The second-order valence-electron chi connectivity index (χ2n) is 3.69. The van der Waals surface area contributed by atoms with Gasteiger partial charge in [0.15, 0.2) is 5.78 Å². The molecular formula is C10H12N2O3S. The molecule has 6 heteroatoms. The van der Waals surface area contributed by atoms with Crippen molar-refractivity contribution >= 4 is 23.2 Å². The Labute approximate surface area is 96.6 Å². The standard InChI is InChI=1S/C10H12N2O3S/c1-12(15)10(14)11-7-2-3-8(13)9-6(7)4-5-16-9/h4-5,7,15H,2-3H2,1H3,(H,11,14). The Morgan fingerprint density at radius 1 is 1.69 bits per heavy atom. The van der Waals surface area contributed by atoms with Crippen molar-refractivity contribution in [3.05, 3.63) is 21.9 Å². The van der Waals surface area contributed by atoms with Crippen LogP contribution in [-0.4, -0.2) is 29.1 Å². The van der Waals surface area contributed by atoms with Gasteiger partial charge in [-0.1, -0.05) is 0 Å². The van der Waals surface area contributed by atoms with Crippen LogP contribution in [0.1, 0.15) is 34.1 Å². The summed E-state index contributed by atoms with van der Waals surface area (Å²) in [6, 6.07) is 1.11. The highest BCUT2D eigenvalue weighted by Crippen LogP contribution is 2.33. The van der Waals surface area contributed by atoms with Gasteiger partial charge in [0.25, 0.3) is 0 Å². The van der Waals surface area contributed by atoms with Gasteiger partial charge in [0.2, 0.25) is 0 Å². The molecule has 1 aromatic rings. The van der Waals surface area contributed by atoms with Gasteiger partial charge in [0.05, 0.1) is 10.9 Å². The molecule has 0 bridgehead atoms. The molecule has 1 aliphatic carbocycles. The summed E-state index contributed by atoms with van der Waals surface area (Å²) in [6.45, 7) is 0. The summed E-state index contributed by atoms with van der Waals surface area (Å²) in [6.07, 6.45) is 1.02. The summed E-state index contributed by atoms with van der Waals surface area (Å²) in [5.74, 6) is 0.132. The zero-order chi connectivity index (χ0) is 11.7. The number of urea groups is 1. The van der Waals surface area contributed by atoms with Crippen molar-refractivity contribution in [1.82, 2.24) is 10.4 Å². The minimum Gasteiger partial charge on any atom is -0.329 e. The quantitative estimate of drug-likeness (QED) is 0.581. The van der Waals surface area contributed by atoms with Crippen LogP contribution in [0.5, 0.6) is 0 Å². The molecule has 86 valence electrons. The van der Waals surface area contributed by atoms with Gasteiger partial charge < -0.3 is 5.32 Å². The Hall–Kier alpha value is -1.40. The van der Waals surface area contributed by atoms with Gasteiger partial charge in [-0.3, -0.25) is 10.0 Å². The van der Waals surface area contributed by atoms with Crippen LogP contribution in [0.15, 0.2) is 11.4 Å². The Balaban J connectivity index is 2.18. The number of hydroxylamine groups is 2. The first kappa shape index (κ1) is 11.1. The molecule has 2 rings (SSSR count). The monoisotopic (exact) mass is 240 g/mol. The summed E-state index contributed by atoms with van der Waals surface area (Å²) >= 11 is 1.40. The molecule has 16 heavy (non-hydrogen) atoms. The first-order valence-electron chi connectivity index (χ1n) is 4.93. The lowest BCUT2D eigenvalue weighted by molar-refractivity contribution is -0.0196. The van der Waals surface area contributed by atoms with Crippen molar-refractivity contribution in [2.24, 2.45) is 0 Å². The van der Waals surface area contributed by atoms with Crippen LogP contribution in [0, 0.1) is 0 Å². The summed E-state index contributed by atoms with van der Waals surface area (Å²) in [4.78, 5) is 23.6. The summed E-state index contributed by atoms with van der Waals surface area (Å²) in [7, 11) is 1.26. The predicted molar refractivity (Wildman–Crippen MR) is 58.7 cm³/mol. The molecule has 1 unspecified atom stereocenters. The molecule has 1 aromatic heterocycles. The van der Waals surface area contributed by atoms with Gasteiger partial charge in [-0.2, -0.15) is 0 Å². The lowest BCUT2D eigenvalue weighted by Gasteiger charge is -2.24. The number of fused-ring (bicyclic) bond motifs is 1. The lowest BCUT2D eigenvalue weighted by atomic mass is 9.93. The number of hydrogen-bond donors (Lipinski definition) is 2. The van der Waals surface area contributed by atoms with E-state index in [2.05, 4.69) is 5.32 Å². The average Bonchev–Trinajstić information content (AvgIpc) is 2.71. The molecule has 1 atom stereocenters. The van der Waals surface area contributed by atoms with E-state index in [-0.39, 0.29) is 11.8 Å². The van der Waals surface area contributed by atoms with Crippen molar-refractivity contribution in [3.63, 3.8) is 0 Å². The minimum atomic E-state index is -0.559. The Bertz CT molecular complexity index is 427.